The highest BCUT2D eigenvalue weighted by Gasteiger charge is 2.09. The molecule has 0 atom stereocenters. The molecule has 0 radical (unpaired) electrons. The molecule has 0 aliphatic heterocycles. The quantitative estimate of drug-likeness (QED) is 0.647. The molecule has 0 saturated heterocycles. The predicted molar refractivity (Wildman–Crippen MR) is 80.8 cm³/mol. The number of nitrogens with one attached hydrogen (secondary N) is 2. The molecule has 0 unspecified atom stereocenters. The number of halogens is 1. The highest BCUT2D eigenvalue weighted by molar-refractivity contribution is 6.30. The van der Waals surface area contributed by atoms with Gasteiger partial charge in [-0.05, 0) is 24.3 Å². The molecule has 0 heterocycles. The lowest BCUT2D eigenvalue weighted by Gasteiger charge is -2.14. The Kier molecular flexibility index (Phi) is 8.27. The molecular weight excluding hydrogens is 312 g/mol. The van der Waals surface area contributed by atoms with Gasteiger partial charge in [-0.25, -0.2) is 0 Å². The summed E-state index contributed by atoms with van der Waals surface area (Å²) in [6, 6.07) is 6.62. The topological polar surface area (TPSA) is 85.9 Å². The Hall–Kier alpha value is -1.83. The average Bonchev–Trinajstić information content (AvgIpc) is 2.53. The summed E-state index contributed by atoms with van der Waals surface area (Å²) < 4.78 is 15.1. The molecule has 1 aromatic rings. The first-order valence-electron chi connectivity index (χ1n) is 6.52. The van der Waals surface area contributed by atoms with E-state index in [1.54, 1.807) is 24.3 Å². The Morgan fingerprint density at radius 1 is 1.09 bits per heavy atom. The molecule has 2 N–H and O–H groups in total. The van der Waals surface area contributed by atoms with Gasteiger partial charge in [-0.2, -0.15) is 0 Å². The largest absolute Gasteiger partial charge is 0.484 e. The summed E-state index contributed by atoms with van der Waals surface area (Å²) in [5.41, 5.74) is 0. The number of carbonyl (C=O) groups is 2. The second kappa shape index (κ2) is 9.99. The van der Waals surface area contributed by atoms with E-state index >= 15 is 0 Å². The van der Waals surface area contributed by atoms with Crippen molar-refractivity contribution in [1.29, 1.82) is 0 Å². The zero-order valence-electron chi connectivity index (χ0n) is 12.4. The van der Waals surface area contributed by atoms with Crippen LogP contribution in [0.4, 0.5) is 0 Å². The van der Waals surface area contributed by atoms with Crippen LogP contribution in [0, 0.1) is 0 Å². The van der Waals surface area contributed by atoms with E-state index in [0.717, 1.165) is 0 Å². The van der Waals surface area contributed by atoms with Gasteiger partial charge in [-0.1, -0.05) is 11.6 Å². The fourth-order valence-electron chi connectivity index (χ4n) is 1.43. The van der Waals surface area contributed by atoms with Crippen molar-refractivity contribution >= 4 is 23.4 Å². The standard InChI is InChI=1S/C14H19ClN2O5/c1-20-14(21-2)8-17-12(18)7-16-13(19)9-22-11-5-3-10(15)4-6-11/h3-6,14H,7-9H2,1-2H3,(H,16,19)(H,17,18). The Labute approximate surface area is 133 Å². The summed E-state index contributed by atoms with van der Waals surface area (Å²) in [5.74, 6) is -0.230. The molecule has 8 heteroatoms. The molecule has 7 nitrogen and oxygen atoms in total. The number of amides is 2. The van der Waals surface area contributed by atoms with Gasteiger partial charge < -0.3 is 24.8 Å². The highest BCUT2D eigenvalue weighted by atomic mass is 35.5. The molecule has 0 saturated carbocycles. The van der Waals surface area contributed by atoms with E-state index in [2.05, 4.69) is 10.6 Å². The van der Waals surface area contributed by atoms with Crippen LogP contribution in [-0.4, -0.2) is 52.0 Å². The molecule has 1 rings (SSSR count). The van der Waals surface area contributed by atoms with E-state index in [1.165, 1.54) is 14.2 Å². The molecule has 122 valence electrons. The van der Waals surface area contributed by atoms with Gasteiger partial charge >= 0.3 is 0 Å². The van der Waals surface area contributed by atoms with Gasteiger partial charge in [0.25, 0.3) is 5.91 Å². The van der Waals surface area contributed by atoms with Crippen molar-refractivity contribution in [3.63, 3.8) is 0 Å². The number of carbonyl (C=O) groups excluding carboxylic acids is 2. The first-order valence-corrected chi connectivity index (χ1v) is 6.90. The SMILES string of the molecule is COC(CNC(=O)CNC(=O)COc1ccc(Cl)cc1)OC. The van der Waals surface area contributed by atoms with Crippen molar-refractivity contribution in [2.45, 2.75) is 6.29 Å². The molecule has 0 aliphatic carbocycles. The van der Waals surface area contributed by atoms with E-state index in [4.69, 9.17) is 25.8 Å². The Morgan fingerprint density at radius 2 is 1.73 bits per heavy atom. The number of hydrogen-bond donors (Lipinski definition) is 2. The molecule has 0 fully saturated rings. The lowest BCUT2D eigenvalue weighted by atomic mass is 10.3. The second-order valence-corrected chi connectivity index (χ2v) is 4.66. The van der Waals surface area contributed by atoms with Gasteiger partial charge in [0.2, 0.25) is 5.91 Å². The van der Waals surface area contributed by atoms with E-state index < -0.39 is 12.2 Å². The van der Waals surface area contributed by atoms with Crippen molar-refractivity contribution < 1.29 is 23.8 Å². The molecule has 0 aromatic heterocycles. The van der Waals surface area contributed by atoms with Crippen molar-refractivity contribution in [2.24, 2.45) is 0 Å². The molecule has 1 aromatic carbocycles. The van der Waals surface area contributed by atoms with Gasteiger partial charge in [-0.15, -0.1) is 0 Å². The van der Waals surface area contributed by atoms with Crippen LogP contribution >= 0.6 is 11.6 Å². The first-order chi connectivity index (χ1) is 10.5. The molecule has 0 aliphatic rings. The van der Waals surface area contributed by atoms with E-state index in [1.807, 2.05) is 0 Å². The summed E-state index contributed by atoms with van der Waals surface area (Å²) in [6.45, 7) is -0.139. The Morgan fingerprint density at radius 3 is 2.32 bits per heavy atom. The number of benzene rings is 1. The zero-order chi connectivity index (χ0) is 16.4. The average molecular weight is 331 g/mol. The van der Waals surface area contributed by atoms with Crippen LogP contribution in [0.2, 0.25) is 5.02 Å². The van der Waals surface area contributed by atoms with Gasteiger partial charge in [0, 0.05) is 19.2 Å². The predicted octanol–water partition coefficient (Wildman–Crippen LogP) is 0.570. The third kappa shape index (κ3) is 7.26. The van der Waals surface area contributed by atoms with Crippen molar-refractivity contribution in [1.82, 2.24) is 10.6 Å². The van der Waals surface area contributed by atoms with Gasteiger partial charge in [0.15, 0.2) is 12.9 Å². The van der Waals surface area contributed by atoms with Crippen molar-refractivity contribution in [3.05, 3.63) is 29.3 Å². The lowest BCUT2D eigenvalue weighted by Crippen LogP contribution is -2.42. The monoisotopic (exact) mass is 330 g/mol. The minimum Gasteiger partial charge on any atom is -0.484 e. The van der Waals surface area contributed by atoms with Gasteiger partial charge in [0.05, 0.1) is 13.1 Å². The highest BCUT2D eigenvalue weighted by Crippen LogP contribution is 2.15. The number of ether oxygens (including phenoxy) is 3. The summed E-state index contributed by atoms with van der Waals surface area (Å²) in [5, 5.41) is 5.58. The molecule has 2 amide bonds. The molecule has 22 heavy (non-hydrogen) atoms. The van der Waals surface area contributed by atoms with Gasteiger partial charge in [-0.3, -0.25) is 9.59 Å². The summed E-state index contributed by atoms with van der Waals surface area (Å²) in [7, 11) is 2.94. The van der Waals surface area contributed by atoms with E-state index in [9.17, 15) is 9.59 Å². The fraction of sp³-hybridized carbons (Fsp3) is 0.429. The maximum absolute atomic E-state index is 11.5. The minimum atomic E-state index is -0.520. The number of methoxy groups -OCH3 is 2. The van der Waals surface area contributed by atoms with Crippen LogP contribution in [0.1, 0.15) is 0 Å². The second-order valence-electron chi connectivity index (χ2n) is 4.22. The van der Waals surface area contributed by atoms with Crippen LogP contribution < -0.4 is 15.4 Å². The van der Waals surface area contributed by atoms with Gasteiger partial charge in [0.1, 0.15) is 5.75 Å². The Balaban J connectivity index is 2.19. The van der Waals surface area contributed by atoms with Crippen molar-refractivity contribution in [2.75, 3.05) is 33.9 Å². The third-order valence-corrected chi connectivity index (χ3v) is 2.87. The first kappa shape index (κ1) is 18.2. The molecule has 0 spiro atoms. The van der Waals surface area contributed by atoms with Crippen LogP contribution in [0.3, 0.4) is 0 Å². The van der Waals surface area contributed by atoms with Crippen LogP contribution in [0.15, 0.2) is 24.3 Å². The fourth-order valence-corrected chi connectivity index (χ4v) is 1.56. The lowest BCUT2D eigenvalue weighted by molar-refractivity contribution is -0.130. The number of rotatable bonds is 9. The Bertz CT molecular complexity index is 477. The molecular formula is C14H19ClN2O5. The summed E-state index contributed by atoms with van der Waals surface area (Å²) in [6.07, 6.45) is -0.520. The minimum absolute atomic E-state index is 0.150. The van der Waals surface area contributed by atoms with Crippen molar-refractivity contribution in [3.8, 4) is 5.75 Å². The summed E-state index contributed by atoms with van der Waals surface area (Å²) in [4.78, 5) is 23.0. The van der Waals surface area contributed by atoms with E-state index in [0.29, 0.717) is 10.8 Å². The van der Waals surface area contributed by atoms with Crippen LogP contribution in [0.5, 0.6) is 5.75 Å². The number of hydrogen-bond acceptors (Lipinski definition) is 5. The van der Waals surface area contributed by atoms with E-state index in [-0.39, 0.29) is 25.6 Å². The van der Waals surface area contributed by atoms with Crippen LogP contribution in [-0.2, 0) is 19.1 Å². The smallest absolute Gasteiger partial charge is 0.258 e. The maximum atomic E-state index is 11.5. The third-order valence-electron chi connectivity index (χ3n) is 2.62. The zero-order valence-corrected chi connectivity index (χ0v) is 13.2. The summed E-state index contributed by atoms with van der Waals surface area (Å²) >= 11 is 5.73. The maximum Gasteiger partial charge on any atom is 0.258 e. The molecule has 0 bridgehead atoms. The normalized spacial score (nSPS) is 10.4. The van der Waals surface area contributed by atoms with Crippen LogP contribution in [0.25, 0.3) is 0 Å².